The molecule has 0 spiro atoms. The maximum absolute atomic E-state index is 11.1. The van der Waals surface area contributed by atoms with Gasteiger partial charge in [-0.15, -0.1) is 35.3 Å². The van der Waals surface area contributed by atoms with Crippen molar-refractivity contribution in [3.63, 3.8) is 0 Å². The highest BCUT2D eigenvalue weighted by atomic mass is 127. The average Bonchev–Trinajstić information content (AvgIpc) is 3.17. The first-order valence-electron chi connectivity index (χ1n) is 9.66. The van der Waals surface area contributed by atoms with E-state index in [1.54, 1.807) is 30.5 Å². The molecule has 0 saturated heterocycles. The van der Waals surface area contributed by atoms with Gasteiger partial charge >= 0.3 is 0 Å². The minimum Gasteiger partial charge on any atom is -0.492 e. The number of benzene rings is 2. The number of nitrogens with zero attached hydrogens (tertiary/aromatic N) is 1. The second kappa shape index (κ2) is 12.5. The zero-order valence-electron chi connectivity index (χ0n) is 17.4. The lowest BCUT2D eigenvalue weighted by Crippen LogP contribution is -2.41. The molecule has 4 N–H and O–H groups in total. The van der Waals surface area contributed by atoms with E-state index in [0.717, 1.165) is 15.0 Å². The van der Waals surface area contributed by atoms with Crippen LogP contribution >= 0.6 is 35.3 Å². The van der Waals surface area contributed by atoms with Crippen LogP contribution in [0.5, 0.6) is 5.75 Å². The van der Waals surface area contributed by atoms with Crippen molar-refractivity contribution >= 4 is 63.0 Å². The number of carbonyl (C=O) groups is 1. The number of guanidine groups is 1. The SMILES string of the molecule is CN=C(NCCOc1cccc(NC(C)=O)c1)NCC(O)c1cc2ccccc2s1.I. The fraction of sp³-hybridized carbons (Fsp3) is 0.273. The van der Waals surface area contributed by atoms with Crippen LogP contribution in [0.25, 0.3) is 10.1 Å². The summed E-state index contributed by atoms with van der Waals surface area (Å²) in [7, 11) is 1.68. The highest BCUT2D eigenvalue weighted by molar-refractivity contribution is 14.0. The molecule has 1 atom stereocenters. The Morgan fingerprint density at radius 1 is 1.16 bits per heavy atom. The Kier molecular flexibility index (Phi) is 10.0. The molecule has 1 heterocycles. The number of fused-ring (bicyclic) bond motifs is 1. The zero-order valence-corrected chi connectivity index (χ0v) is 20.6. The van der Waals surface area contributed by atoms with Crippen molar-refractivity contribution in [2.45, 2.75) is 13.0 Å². The predicted octanol–water partition coefficient (Wildman–Crippen LogP) is 3.76. The normalized spacial score (nSPS) is 12.0. The minimum absolute atomic E-state index is 0. The molecule has 2 aromatic carbocycles. The van der Waals surface area contributed by atoms with Crippen LogP contribution in [0.4, 0.5) is 5.69 Å². The summed E-state index contributed by atoms with van der Waals surface area (Å²) in [5, 5.41) is 20.6. The summed E-state index contributed by atoms with van der Waals surface area (Å²) in [5.41, 5.74) is 0.695. The van der Waals surface area contributed by atoms with E-state index in [4.69, 9.17) is 4.74 Å². The van der Waals surface area contributed by atoms with Crippen molar-refractivity contribution in [1.82, 2.24) is 10.6 Å². The number of amides is 1. The molecule has 0 bridgehead atoms. The number of anilines is 1. The van der Waals surface area contributed by atoms with Crippen LogP contribution in [-0.4, -0.2) is 43.7 Å². The zero-order chi connectivity index (χ0) is 21.3. The Balaban J connectivity index is 0.00000341. The van der Waals surface area contributed by atoms with Crippen molar-refractivity contribution in [3.8, 4) is 5.75 Å². The topological polar surface area (TPSA) is 95.0 Å². The number of nitrogens with one attached hydrogen (secondary N) is 3. The van der Waals surface area contributed by atoms with Crippen molar-refractivity contribution < 1.29 is 14.6 Å². The van der Waals surface area contributed by atoms with Crippen LogP contribution in [0.3, 0.4) is 0 Å². The fourth-order valence-electron chi connectivity index (χ4n) is 2.89. The van der Waals surface area contributed by atoms with E-state index in [9.17, 15) is 9.90 Å². The molecule has 0 radical (unpaired) electrons. The summed E-state index contributed by atoms with van der Waals surface area (Å²) >= 11 is 1.59. The minimum atomic E-state index is -0.617. The molecule has 0 saturated carbocycles. The molecule has 0 aliphatic rings. The summed E-state index contributed by atoms with van der Waals surface area (Å²) in [4.78, 5) is 16.2. The lowest BCUT2D eigenvalue weighted by atomic mass is 10.2. The Labute approximate surface area is 202 Å². The molecule has 1 aromatic heterocycles. The van der Waals surface area contributed by atoms with E-state index < -0.39 is 6.10 Å². The maximum atomic E-state index is 11.1. The van der Waals surface area contributed by atoms with Crippen LogP contribution in [0, 0.1) is 0 Å². The molecule has 1 amide bonds. The largest absolute Gasteiger partial charge is 0.492 e. The number of carbonyl (C=O) groups excluding carboxylic acids is 1. The van der Waals surface area contributed by atoms with Gasteiger partial charge in [-0.1, -0.05) is 24.3 Å². The Hall–Kier alpha value is -2.37. The van der Waals surface area contributed by atoms with E-state index in [1.165, 1.54) is 6.92 Å². The van der Waals surface area contributed by atoms with Gasteiger partial charge in [-0.3, -0.25) is 9.79 Å². The summed E-state index contributed by atoms with van der Waals surface area (Å²) in [6.45, 7) is 2.77. The van der Waals surface area contributed by atoms with Gasteiger partial charge in [0, 0.05) is 41.8 Å². The average molecular weight is 554 g/mol. The van der Waals surface area contributed by atoms with Gasteiger partial charge in [-0.2, -0.15) is 0 Å². The molecular weight excluding hydrogens is 527 g/mol. The van der Waals surface area contributed by atoms with Crippen molar-refractivity contribution in [1.29, 1.82) is 0 Å². The fourth-order valence-corrected chi connectivity index (χ4v) is 3.94. The number of aliphatic hydroxyl groups is 1. The van der Waals surface area contributed by atoms with Gasteiger partial charge in [-0.25, -0.2) is 0 Å². The molecule has 3 rings (SSSR count). The number of aliphatic hydroxyl groups excluding tert-OH is 1. The van der Waals surface area contributed by atoms with Gasteiger partial charge in [0.2, 0.25) is 5.91 Å². The standard InChI is InChI=1S/C22H26N4O3S.HI/c1-15(27)26-17-7-5-8-18(13-17)29-11-10-24-22(23-2)25-14-19(28)21-12-16-6-3-4-9-20(16)30-21;/h3-9,12-13,19,28H,10-11,14H2,1-2H3,(H,26,27)(H2,23,24,25);1H. The smallest absolute Gasteiger partial charge is 0.221 e. The number of thiophene rings is 1. The van der Waals surface area contributed by atoms with E-state index in [-0.39, 0.29) is 29.9 Å². The van der Waals surface area contributed by atoms with Crippen LogP contribution in [0.1, 0.15) is 17.9 Å². The van der Waals surface area contributed by atoms with E-state index in [0.29, 0.717) is 37.1 Å². The maximum Gasteiger partial charge on any atom is 0.221 e. The second-order valence-corrected chi connectivity index (χ2v) is 7.76. The van der Waals surface area contributed by atoms with E-state index in [2.05, 4.69) is 27.0 Å². The number of aliphatic imine (C=N–C) groups is 1. The van der Waals surface area contributed by atoms with Gasteiger partial charge in [0.05, 0.1) is 6.54 Å². The first kappa shape index (κ1) is 24.9. The molecule has 3 aromatic rings. The number of rotatable bonds is 8. The molecule has 0 aliphatic carbocycles. The molecule has 7 nitrogen and oxygen atoms in total. The number of halogens is 1. The quantitative estimate of drug-likeness (QED) is 0.147. The summed E-state index contributed by atoms with van der Waals surface area (Å²) in [6.07, 6.45) is -0.617. The lowest BCUT2D eigenvalue weighted by molar-refractivity contribution is -0.114. The van der Waals surface area contributed by atoms with E-state index in [1.807, 2.05) is 36.4 Å². The van der Waals surface area contributed by atoms with Crippen LogP contribution in [0.2, 0.25) is 0 Å². The van der Waals surface area contributed by atoms with Gasteiger partial charge in [-0.05, 0) is 29.7 Å². The predicted molar refractivity (Wildman–Crippen MR) is 138 cm³/mol. The number of ether oxygens (including phenoxy) is 1. The third-order valence-corrected chi connectivity index (χ3v) is 5.49. The van der Waals surface area contributed by atoms with Crippen LogP contribution < -0.4 is 20.7 Å². The first-order chi connectivity index (χ1) is 14.5. The molecule has 9 heteroatoms. The summed E-state index contributed by atoms with van der Waals surface area (Å²) in [5.74, 6) is 1.14. The summed E-state index contributed by atoms with van der Waals surface area (Å²) in [6, 6.07) is 17.3. The summed E-state index contributed by atoms with van der Waals surface area (Å²) < 4.78 is 6.87. The van der Waals surface area contributed by atoms with E-state index >= 15 is 0 Å². The monoisotopic (exact) mass is 554 g/mol. The van der Waals surface area contributed by atoms with Gasteiger partial charge in [0.1, 0.15) is 18.5 Å². The van der Waals surface area contributed by atoms with Crippen molar-refractivity contribution in [3.05, 3.63) is 59.5 Å². The molecule has 0 aliphatic heterocycles. The molecule has 1 unspecified atom stereocenters. The number of hydrogen-bond acceptors (Lipinski definition) is 5. The molecular formula is C22H27IN4O3S. The Morgan fingerprint density at radius 3 is 2.71 bits per heavy atom. The van der Waals surface area contributed by atoms with Crippen LogP contribution in [-0.2, 0) is 4.79 Å². The van der Waals surface area contributed by atoms with Crippen molar-refractivity contribution in [2.75, 3.05) is 32.1 Å². The highest BCUT2D eigenvalue weighted by Gasteiger charge is 2.12. The third-order valence-electron chi connectivity index (χ3n) is 4.28. The molecule has 0 fully saturated rings. The second-order valence-electron chi connectivity index (χ2n) is 6.64. The third kappa shape index (κ3) is 7.67. The highest BCUT2D eigenvalue weighted by Crippen LogP contribution is 2.29. The van der Waals surface area contributed by atoms with Crippen molar-refractivity contribution in [2.24, 2.45) is 4.99 Å². The molecule has 166 valence electrons. The Bertz CT molecular complexity index is 992. The number of hydrogen-bond donors (Lipinski definition) is 4. The first-order valence-corrected chi connectivity index (χ1v) is 10.5. The molecule has 31 heavy (non-hydrogen) atoms. The van der Waals surface area contributed by atoms with Gasteiger partial charge in [0.15, 0.2) is 5.96 Å². The van der Waals surface area contributed by atoms with Gasteiger partial charge in [0.25, 0.3) is 0 Å². The van der Waals surface area contributed by atoms with Crippen LogP contribution in [0.15, 0.2) is 59.6 Å². The Morgan fingerprint density at radius 2 is 1.97 bits per heavy atom. The van der Waals surface area contributed by atoms with Gasteiger partial charge < -0.3 is 25.8 Å². The lowest BCUT2D eigenvalue weighted by Gasteiger charge is -2.15.